The molecule has 6 heteroatoms. The number of aromatic nitrogens is 2. The number of hydrogen-bond donors (Lipinski definition) is 1. The molecule has 1 aliphatic heterocycles. The van der Waals surface area contributed by atoms with Crippen molar-refractivity contribution >= 4 is 11.8 Å². The summed E-state index contributed by atoms with van der Waals surface area (Å²) in [7, 11) is 0. The normalized spacial score (nSPS) is 16.0. The lowest BCUT2D eigenvalue weighted by Crippen LogP contribution is -2.46. The van der Waals surface area contributed by atoms with Crippen LogP contribution in [-0.2, 0) is 4.79 Å². The number of carbonyl (C=O) groups excluding carboxylic acids is 2. The van der Waals surface area contributed by atoms with Crippen LogP contribution in [0, 0.1) is 5.92 Å². The average molecular weight is 290 g/mol. The molecule has 0 unspecified atom stereocenters. The number of carbonyl (C=O) groups is 2. The Labute approximate surface area is 125 Å². The molecule has 6 nitrogen and oxygen atoms in total. The maximum absolute atomic E-state index is 12.0. The van der Waals surface area contributed by atoms with Crippen molar-refractivity contribution in [1.29, 1.82) is 0 Å². The van der Waals surface area contributed by atoms with E-state index in [9.17, 15) is 9.59 Å². The molecule has 0 aromatic carbocycles. The van der Waals surface area contributed by atoms with E-state index in [-0.39, 0.29) is 17.9 Å². The Morgan fingerprint density at radius 3 is 2.62 bits per heavy atom. The summed E-state index contributed by atoms with van der Waals surface area (Å²) >= 11 is 0. The summed E-state index contributed by atoms with van der Waals surface area (Å²) in [5.41, 5.74) is 0.329. The fraction of sp³-hybridized carbons (Fsp3) is 0.600. The Kier molecular flexibility index (Phi) is 5.25. The van der Waals surface area contributed by atoms with Crippen LogP contribution in [0.15, 0.2) is 18.6 Å². The highest BCUT2D eigenvalue weighted by Crippen LogP contribution is 2.14. The average Bonchev–Trinajstić information content (AvgIpc) is 2.48. The van der Waals surface area contributed by atoms with Gasteiger partial charge in [-0.2, -0.15) is 0 Å². The van der Waals surface area contributed by atoms with Crippen LogP contribution in [0.5, 0.6) is 0 Å². The first kappa shape index (κ1) is 15.4. The molecule has 1 aromatic rings. The number of nitrogens with zero attached hydrogens (tertiary/aromatic N) is 3. The molecule has 114 valence electrons. The smallest absolute Gasteiger partial charge is 0.271 e. The topological polar surface area (TPSA) is 75.2 Å². The fourth-order valence-electron chi connectivity index (χ4n) is 2.43. The molecule has 0 spiro atoms. The summed E-state index contributed by atoms with van der Waals surface area (Å²) in [5.74, 6) is 0.394. The van der Waals surface area contributed by atoms with Gasteiger partial charge in [0.05, 0.1) is 6.20 Å². The summed E-state index contributed by atoms with van der Waals surface area (Å²) in [6, 6.07) is 0.0996. The van der Waals surface area contributed by atoms with Crippen LogP contribution >= 0.6 is 0 Å². The van der Waals surface area contributed by atoms with Gasteiger partial charge in [0.25, 0.3) is 5.91 Å². The molecule has 0 atom stereocenters. The highest BCUT2D eigenvalue weighted by atomic mass is 16.2. The molecule has 0 radical (unpaired) electrons. The van der Waals surface area contributed by atoms with E-state index in [2.05, 4.69) is 15.3 Å². The van der Waals surface area contributed by atoms with Crippen molar-refractivity contribution in [3.8, 4) is 0 Å². The maximum atomic E-state index is 12.0. The fourth-order valence-corrected chi connectivity index (χ4v) is 2.43. The van der Waals surface area contributed by atoms with Gasteiger partial charge in [-0.3, -0.25) is 14.6 Å². The van der Waals surface area contributed by atoms with Gasteiger partial charge in [0.1, 0.15) is 5.69 Å². The van der Waals surface area contributed by atoms with Crippen molar-refractivity contribution in [3.05, 3.63) is 24.3 Å². The van der Waals surface area contributed by atoms with Crippen LogP contribution in [0.3, 0.4) is 0 Å². The third-order valence-electron chi connectivity index (χ3n) is 3.56. The first-order valence-corrected chi connectivity index (χ1v) is 7.41. The van der Waals surface area contributed by atoms with E-state index in [1.54, 1.807) is 0 Å². The van der Waals surface area contributed by atoms with Crippen LogP contribution in [0.25, 0.3) is 0 Å². The number of rotatable bonds is 4. The van der Waals surface area contributed by atoms with Gasteiger partial charge >= 0.3 is 0 Å². The lowest BCUT2D eigenvalue weighted by Gasteiger charge is -2.32. The largest absolute Gasteiger partial charge is 0.348 e. The maximum Gasteiger partial charge on any atom is 0.271 e. The predicted octanol–water partition coefficient (Wildman–Crippen LogP) is 1.24. The number of piperidine rings is 1. The van der Waals surface area contributed by atoms with Crippen molar-refractivity contribution in [2.24, 2.45) is 5.92 Å². The quantitative estimate of drug-likeness (QED) is 0.905. The molecule has 0 bridgehead atoms. The van der Waals surface area contributed by atoms with E-state index in [1.165, 1.54) is 18.6 Å². The number of amides is 2. The lowest BCUT2D eigenvalue weighted by molar-refractivity contribution is -0.133. The number of likely N-dealkylation sites (tertiary alicyclic amines) is 1. The van der Waals surface area contributed by atoms with Crippen LogP contribution in [0.1, 0.15) is 43.6 Å². The molecule has 1 saturated heterocycles. The molecule has 0 aliphatic carbocycles. The van der Waals surface area contributed by atoms with Crippen molar-refractivity contribution in [2.45, 2.75) is 39.2 Å². The van der Waals surface area contributed by atoms with Gasteiger partial charge in [0.2, 0.25) is 5.91 Å². The van der Waals surface area contributed by atoms with Crippen molar-refractivity contribution < 1.29 is 9.59 Å². The third kappa shape index (κ3) is 4.51. The predicted molar refractivity (Wildman–Crippen MR) is 78.6 cm³/mol. The Morgan fingerprint density at radius 1 is 1.33 bits per heavy atom. The first-order chi connectivity index (χ1) is 10.1. The molecule has 21 heavy (non-hydrogen) atoms. The molecule has 0 saturated carbocycles. The summed E-state index contributed by atoms with van der Waals surface area (Å²) in [5, 5.41) is 2.96. The van der Waals surface area contributed by atoms with Crippen LogP contribution < -0.4 is 5.32 Å². The van der Waals surface area contributed by atoms with E-state index in [1.807, 2.05) is 18.7 Å². The SMILES string of the molecule is CC(C)CC(=O)N1CCC(NC(=O)c2cnccn2)CC1. The summed E-state index contributed by atoms with van der Waals surface area (Å²) < 4.78 is 0. The second-order valence-corrected chi connectivity index (χ2v) is 5.82. The van der Waals surface area contributed by atoms with Crippen molar-refractivity contribution in [3.63, 3.8) is 0 Å². The van der Waals surface area contributed by atoms with E-state index >= 15 is 0 Å². The third-order valence-corrected chi connectivity index (χ3v) is 3.56. The Hall–Kier alpha value is -1.98. The zero-order chi connectivity index (χ0) is 15.2. The standard InChI is InChI=1S/C15H22N4O2/c1-11(2)9-14(20)19-7-3-12(4-8-19)18-15(21)13-10-16-5-6-17-13/h5-6,10-12H,3-4,7-9H2,1-2H3,(H,18,21). The molecule has 1 aromatic heterocycles. The summed E-state index contributed by atoms with van der Waals surface area (Å²) in [4.78, 5) is 33.7. The van der Waals surface area contributed by atoms with Crippen LogP contribution in [-0.4, -0.2) is 45.8 Å². The minimum absolute atomic E-state index is 0.0996. The van der Waals surface area contributed by atoms with E-state index in [4.69, 9.17) is 0 Å². The second kappa shape index (κ2) is 7.15. The number of hydrogen-bond acceptors (Lipinski definition) is 4. The zero-order valence-corrected chi connectivity index (χ0v) is 12.6. The minimum atomic E-state index is -0.199. The molecule has 1 N–H and O–H groups in total. The minimum Gasteiger partial charge on any atom is -0.348 e. The van der Waals surface area contributed by atoms with E-state index in [0.29, 0.717) is 31.1 Å². The molecular formula is C15H22N4O2. The monoisotopic (exact) mass is 290 g/mol. The van der Waals surface area contributed by atoms with Crippen molar-refractivity contribution in [1.82, 2.24) is 20.2 Å². The zero-order valence-electron chi connectivity index (χ0n) is 12.6. The van der Waals surface area contributed by atoms with E-state index in [0.717, 1.165) is 12.8 Å². The Bertz CT molecular complexity index is 482. The van der Waals surface area contributed by atoms with Gasteiger partial charge in [-0.25, -0.2) is 4.98 Å². The van der Waals surface area contributed by atoms with Crippen LogP contribution in [0.2, 0.25) is 0 Å². The van der Waals surface area contributed by atoms with Crippen LogP contribution in [0.4, 0.5) is 0 Å². The van der Waals surface area contributed by atoms with E-state index < -0.39 is 0 Å². The van der Waals surface area contributed by atoms with Gasteiger partial charge < -0.3 is 10.2 Å². The second-order valence-electron chi connectivity index (χ2n) is 5.82. The summed E-state index contributed by atoms with van der Waals surface area (Å²) in [6.45, 7) is 5.51. The highest BCUT2D eigenvalue weighted by molar-refractivity contribution is 5.92. The molecule has 2 heterocycles. The number of nitrogens with one attached hydrogen (secondary N) is 1. The first-order valence-electron chi connectivity index (χ1n) is 7.41. The van der Waals surface area contributed by atoms with Gasteiger partial charge in [0, 0.05) is 37.9 Å². The Balaban J connectivity index is 1.79. The van der Waals surface area contributed by atoms with Gasteiger partial charge in [-0.15, -0.1) is 0 Å². The lowest BCUT2D eigenvalue weighted by atomic mass is 10.0. The van der Waals surface area contributed by atoms with Gasteiger partial charge in [0.15, 0.2) is 0 Å². The van der Waals surface area contributed by atoms with Gasteiger partial charge in [-0.1, -0.05) is 13.8 Å². The van der Waals surface area contributed by atoms with Crippen molar-refractivity contribution in [2.75, 3.05) is 13.1 Å². The molecular weight excluding hydrogens is 268 g/mol. The molecule has 1 aliphatic rings. The summed E-state index contributed by atoms with van der Waals surface area (Å²) in [6.07, 6.45) is 6.66. The highest BCUT2D eigenvalue weighted by Gasteiger charge is 2.24. The Morgan fingerprint density at radius 2 is 2.05 bits per heavy atom. The molecule has 2 rings (SSSR count). The molecule has 1 fully saturated rings. The van der Waals surface area contributed by atoms with Gasteiger partial charge in [-0.05, 0) is 18.8 Å². The molecule has 2 amide bonds.